The van der Waals surface area contributed by atoms with Crippen molar-refractivity contribution in [1.82, 2.24) is 19.8 Å². The van der Waals surface area contributed by atoms with Gasteiger partial charge in [0.15, 0.2) is 5.96 Å². The fourth-order valence-corrected chi connectivity index (χ4v) is 4.89. The van der Waals surface area contributed by atoms with Crippen molar-refractivity contribution in [3.8, 4) is 0 Å². The van der Waals surface area contributed by atoms with Crippen LogP contribution in [0.4, 0.5) is 0 Å². The largest absolute Gasteiger partial charge is 0.469 e. The smallest absolute Gasteiger partial charge is 0.211 e. The maximum Gasteiger partial charge on any atom is 0.211 e. The van der Waals surface area contributed by atoms with Crippen molar-refractivity contribution in [3.63, 3.8) is 0 Å². The first-order chi connectivity index (χ1) is 14.0. The minimum absolute atomic E-state index is 0.0621. The molecular formula is C19H33N5O4S. The van der Waals surface area contributed by atoms with Gasteiger partial charge in [0.05, 0.1) is 32.3 Å². The number of ether oxygens (including phenoxy) is 1. The van der Waals surface area contributed by atoms with Gasteiger partial charge in [0.1, 0.15) is 5.76 Å². The van der Waals surface area contributed by atoms with Crippen LogP contribution in [0.15, 0.2) is 27.8 Å². The van der Waals surface area contributed by atoms with E-state index in [1.807, 2.05) is 12.1 Å². The Hall–Kier alpha value is -1.62. The summed E-state index contributed by atoms with van der Waals surface area (Å²) in [5.74, 6) is 1.63. The number of nitrogens with zero attached hydrogens (tertiary/aromatic N) is 3. The molecule has 1 aromatic rings. The Kier molecular flexibility index (Phi) is 8.34. The molecule has 0 bridgehead atoms. The molecule has 10 heteroatoms. The van der Waals surface area contributed by atoms with Gasteiger partial charge < -0.3 is 19.8 Å². The summed E-state index contributed by atoms with van der Waals surface area (Å²) in [6.45, 7) is 6.89. The molecule has 0 aliphatic carbocycles. The highest BCUT2D eigenvalue weighted by atomic mass is 32.2. The van der Waals surface area contributed by atoms with Crippen LogP contribution < -0.4 is 10.6 Å². The highest BCUT2D eigenvalue weighted by molar-refractivity contribution is 7.88. The fraction of sp³-hybridized carbons (Fsp3) is 0.737. The van der Waals surface area contributed by atoms with Crippen LogP contribution in [0.25, 0.3) is 0 Å². The molecule has 29 heavy (non-hydrogen) atoms. The van der Waals surface area contributed by atoms with E-state index in [1.165, 1.54) is 6.26 Å². The number of aliphatic imine (C=N–C) groups is 1. The lowest BCUT2D eigenvalue weighted by Crippen LogP contribution is -2.45. The van der Waals surface area contributed by atoms with Gasteiger partial charge >= 0.3 is 0 Å². The first kappa shape index (κ1) is 22.1. The molecule has 0 radical (unpaired) electrons. The predicted octanol–water partition coefficient (Wildman–Crippen LogP) is 0.114. The Morgan fingerprint density at radius 3 is 2.76 bits per heavy atom. The minimum Gasteiger partial charge on any atom is -0.469 e. The Labute approximate surface area is 173 Å². The molecule has 2 aliphatic rings. The summed E-state index contributed by atoms with van der Waals surface area (Å²) in [6.07, 6.45) is 5.45. The summed E-state index contributed by atoms with van der Waals surface area (Å²) in [7, 11) is -3.19. The second kappa shape index (κ2) is 11.0. The van der Waals surface area contributed by atoms with E-state index >= 15 is 0 Å². The first-order valence-electron chi connectivity index (χ1n) is 10.3. The van der Waals surface area contributed by atoms with Crippen LogP contribution in [0.1, 0.15) is 18.6 Å². The van der Waals surface area contributed by atoms with Crippen molar-refractivity contribution >= 4 is 16.0 Å². The Bertz CT molecular complexity index is 732. The summed E-state index contributed by atoms with van der Waals surface area (Å²) >= 11 is 0. The van der Waals surface area contributed by atoms with Gasteiger partial charge in [0.25, 0.3) is 0 Å². The number of furan rings is 1. The minimum atomic E-state index is -3.19. The van der Waals surface area contributed by atoms with E-state index in [-0.39, 0.29) is 6.04 Å². The lowest BCUT2D eigenvalue weighted by Gasteiger charge is -2.27. The SMILES string of the molecule is CS(=O)(=O)N1CCC[C@@H]1CN=C(NCCc1ccco1)NCCN1CCOCC1. The monoisotopic (exact) mass is 427 g/mol. The van der Waals surface area contributed by atoms with E-state index in [0.717, 1.165) is 64.4 Å². The van der Waals surface area contributed by atoms with Crippen molar-refractivity contribution in [3.05, 3.63) is 24.2 Å². The van der Waals surface area contributed by atoms with Crippen molar-refractivity contribution < 1.29 is 17.6 Å². The maximum absolute atomic E-state index is 12.0. The topological polar surface area (TPSA) is 99.4 Å². The highest BCUT2D eigenvalue weighted by Gasteiger charge is 2.31. The van der Waals surface area contributed by atoms with E-state index in [2.05, 4.69) is 20.5 Å². The third-order valence-corrected chi connectivity index (χ3v) is 6.61. The summed E-state index contributed by atoms with van der Waals surface area (Å²) < 4.78 is 36.3. The maximum atomic E-state index is 12.0. The van der Waals surface area contributed by atoms with Gasteiger partial charge in [0.2, 0.25) is 10.0 Å². The molecule has 2 fully saturated rings. The third kappa shape index (κ3) is 7.29. The molecule has 3 heterocycles. The van der Waals surface area contributed by atoms with Crippen LogP contribution in [-0.2, 0) is 21.2 Å². The summed E-state index contributed by atoms with van der Waals surface area (Å²) in [5, 5.41) is 6.72. The van der Waals surface area contributed by atoms with Crippen molar-refractivity contribution in [2.45, 2.75) is 25.3 Å². The molecule has 164 valence electrons. The van der Waals surface area contributed by atoms with E-state index in [9.17, 15) is 8.42 Å². The van der Waals surface area contributed by atoms with Gasteiger partial charge in [-0.3, -0.25) is 9.89 Å². The molecule has 3 rings (SSSR count). The summed E-state index contributed by atoms with van der Waals surface area (Å²) in [6, 6.07) is 3.77. The van der Waals surface area contributed by atoms with Gasteiger partial charge in [-0.15, -0.1) is 0 Å². The molecule has 2 saturated heterocycles. The number of guanidine groups is 1. The van der Waals surface area contributed by atoms with E-state index < -0.39 is 10.0 Å². The zero-order chi connectivity index (χ0) is 20.5. The quantitative estimate of drug-likeness (QED) is 0.426. The Morgan fingerprint density at radius 2 is 2.03 bits per heavy atom. The Morgan fingerprint density at radius 1 is 1.24 bits per heavy atom. The average Bonchev–Trinajstić information content (AvgIpc) is 3.38. The number of morpholine rings is 1. The zero-order valence-electron chi connectivity index (χ0n) is 17.2. The molecule has 9 nitrogen and oxygen atoms in total. The van der Waals surface area contributed by atoms with Crippen LogP contribution in [0.3, 0.4) is 0 Å². The number of nitrogens with one attached hydrogen (secondary N) is 2. The molecule has 0 saturated carbocycles. The third-order valence-electron chi connectivity index (χ3n) is 5.28. The van der Waals surface area contributed by atoms with E-state index in [4.69, 9.17) is 9.15 Å². The number of hydrogen-bond acceptors (Lipinski definition) is 6. The molecule has 0 spiro atoms. The normalized spacial score (nSPS) is 22.1. The van der Waals surface area contributed by atoms with Crippen LogP contribution in [0.5, 0.6) is 0 Å². The van der Waals surface area contributed by atoms with Gasteiger partial charge in [-0.2, -0.15) is 4.31 Å². The molecule has 0 aromatic carbocycles. The molecule has 0 unspecified atom stereocenters. The molecular weight excluding hydrogens is 394 g/mol. The van der Waals surface area contributed by atoms with Crippen molar-refractivity contribution in [2.24, 2.45) is 4.99 Å². The van der Waals surface area contributed by atoms with Gasteiger partial charge in [-0.25, -0.2) is 8.42 Å². The zero-order valence-corrected chi connectivity index (χ0v) is 18.0. The predicted molar refractivity (Wildman–Crippen MR) is 113 cm³/mol. The molecule has 1 aromatic heterocycles. The van der Waals surface area contributed by atoms with E-state index in [1.54, 1.807) is 10.6 Å². The summed E-state index contributed by atoms with van der Waals surface area (Å²) in [4.78, 5) is 7.05. The van der Waals surface area contributed by atoms with Crippen LogP contribution in [-0.4, -0.2) is 94.9 Å². The summed E-state index contributed by atoms with van der Waals surface area (Å²) in [5.41, 5.74) is 0. The number of sulfonamides is 1. The van der Waals surface area contributed by atoms with Crippen molar-refractivity contribution in [2.75, 3.05) is 65.3 Å². The van der Waals surface area contributed by atoms with E-state index in [0.29, 0.717) is 25.6 Å². The first-order valence-corrected chi connectivity index (χ1v) is 12.2. The van der Waals surface area contributed by atoms with Crippen LogP contribution >= 0.6 is 0 Å². The molecule has 0 amide bonds. The van der Waals surface area contributed by atoms with Crippen LogP contribution in [0.2, 0.25) is 0 Å². The average molecular weight is 428 g/mol. The standard InChI is InChI=1S/C19H33N5O4S/c1-29(25,26)24-9-2-4-17(24)16-22-19(20-7-6-18-5-3-13-28-18)21-8-10-23-11-14-27-15-12-23/h3,5,13,17H,2,4,6-12,14-16H2,1H3,(H2,20,21,22)/t17-/m1/s1. The lowest BCUT2D eigenvalue weighted by atomic mass is 10.2. The molecule has 1 atom stereocenters. The van der Waals surface area contributed by atoms with Gasteiger partial charge in [-0.05, 0) is 25.0 Å². The molecule has 2 aliphatic heterocycles. The number of hydrogen-bond donors (Lipinski definition) is 2. The lowest BCUT2D eigenvalue weighted by molar-refractivity contribution is 0.0389. The Balaban J connectivity index is 1.52. The molecule has 2 N–H and O–H groups in total. The highest BCUT2D eigenvalue weighted by Crippen LogP contribution is 2.20. The number of rotatable bonds is 9. The van der Waals surface area contributed by atoms with Gasteiger partial charge in [0, 0.05) is 51.7 Å². The fourth-order valence-electron chi connectivity index (χ4n) is 3.72. The second-order valence-corrected chi connectivity index (χ2v) is 9.43. The van der Waals surface area contributed by atoms with Crippen LogP contribution in [0, 0.1) is 0 Å². The van der Waals surface area contributed by atoms with Gasteiger partial charge in [-0.1, -0.05) is 0 Å². The second-order valence-electron chi connectivity index (χ2n) is 7.50. The van der Waals surface area contributed by atoms with Crippen molar-refractivity contribution in [1.29, 1.82) is 0 Å².